The van der Waals surface area contributed by atoms with Crippen LogP contribution >= 0.6 is 0 Å². The first kappa shape index (κ1) is 11.0. The second kappa shape index (κ2) is 4.27. The van der Waals surface area contributed by atoms with Crippen LogP contribution in [0, 0.1) is 6.92 Å². The summed E-state index contributed by atoms with van der Waals surface area (Å²) < 4.78 is 7.08. The summed E-state index contributed by atoms with van der Waals surface area (Å²) in [5.74, 6) is 1.26. The first-order chi connectivity index (χ1) is 8.78. The van der Waals surface area contributed by atoms with Crippen LogP contribution in [0.2, 0.25) is 0 Å². The van der Waals surface area contributed by atoms with Crippen LogP contribution in [0.1, 0.15) is 17.3 Å². The lowest BCUT2D eigenvalue weighted by Gasteiger charge is -2.06. The zero-order valence-electron chi connectivity index (χ0n) is 10.1. The quantitative estimate of drug-likeness (QED) is 0.760. The summed E-state index contributed by atoms with van der Waals surface area (Å²) in [4.78, 5) is 4.22. The molecule has 0 amide bonds. The van der Waals surface area contributed by atoms with Crippen molar-refractivity contribution in [1.82, 2.24) is 14.7 Å². The van der Waals surface area contributed by atoms with E-state index >= 15 is 0 Å². The lowest BCUT2D eigenvalue weighted by atomic mass is 10.1. The van der Waals surface area contributed by atoms with Crippen molar-refractivity contribution in [2.75, 3.05) is 0 Å². The number of nitrogens with zero attached hydrogens (tertiary/aromatic N) is 3. The van der Waals surface area contributed by atoms with Crippen molar-refractivity contribution in [3.05, 3.63) is 47.7 Å². The fourth-order valence-electron chi connectivity index (χ4n) is 2.20. The smallest absolute Gasteiger partial charge is 0.223 e. The van der Waals surface area contributed by atoms with E-state index in [1.54, 1.807) is 6.92 Å². The number of benzene rings is 1. The van der Waals surface area contributed by atoms with Crippen LogP contribution in [0.5, 0.6) is 0 Å². The van der Waals surface area contributed by atoms with E-state index in [1.807, 2.05) is 18.3 Å². The number of para-hydroxylation sites is 1. The third-order valence-electron chi connectivity index (χ3n) is 2.97. The first-order valence-corrected chi connectivity index (χ1v) is 5.84. The number of hydrogen-bond donors (Lipinski definition) is 1. The second-order valence-corrected chi connectivity index (χ2v) is 4.23. The molecule has 0 aliphatic rings. The molecule has 2 N–H and O–H groups in total. The summed E-state index contributed by atoms with van der Waals surface area (Å²) in [6.07, 6.45) is 2.02. The number of hydrogen-bond acceptors (Lipinski definition) is 4. The molecule has 0 aliphatic heterocycles. The fourth-order valence-corrected chi connectivity index (χ4v) is 2.20. The highest BCUT2D eigenvalue weighted by atomic mass is 16.5. The summed E-state index contributed by atoms with van der Waals surface area (Å²) in [5, 5.41) is 5.09. The second-order valence-electron chi connectivity index (χ2n) is 4.23. The monoisotopic (exact) mass is 242 g/mol. The van der Waals surface area contributed by atoms with Crippen molar-refractivity contribution >= 4 is 10.9 Å². The number of aromatic nitrogens is 3. The van der Waals surface area contributed by atoms with Crippen molar-refractivity contribution < 1.29 is 4.52 Å². The van der Waals surface area contributed by atoms with Gasteiger partial charge in [0.05, 0.1) is 12.1 Å². The van der Waals surface area contributed by atoms with Crippen LogP contribution in [0.25, 0.3) is 10.9 Å². The highest BCUT2D eigenvalue weighted by Gasteiger charge is 2.08. The molecule has 18 heavy (non-hydrogen) atoms. The average molecular weight is 242 g/mol. The predicted octanol–water partition coefficient (Wildman–Crippen LogP) is 1.84. The molecule has 92 valence electrons. The minimum Gasteiger partial charge on any atom is -0.340 e. The minimum absolute atomic E-state index is 0.520. The molecule has 2 aromatic heterocycles. The Labute approximate surface area is 104 Å². The molecule has 0 unspecified atom stereocenters. The third kappa shape index (κ3) is 1.78. The van der Waals surface area contributed by atoms with Gasteiger partial charge in [-0.25, -0.2) is 0 Å². The molecule has 5 nitrogen and oxygen atoms in total. The van der Waals surface area contributed by atoms with Gasteiger partial charge in [0.1, 0.15) is 0 Å². The molecule has 5 heteroatoms. The Balaban J connectivity index is 2.06. The van der Waals surface area contributed by atoms with Gasteiger partial charge in [-0.2, -0.15) is 4.98 Å². The zero-order valence-corrected chi connectivity index (χ0v) is 10.1. The van der Waals surface area contributed by atoms with Crippen molar-refractivity contribution in [3.8, 4) is 0 Å². The van der Waals surface area contributed by atoms with Gasteiger partial charge in [0.25, 0.3) is 0 Å². The number of fused-ring (bicyclic) bond motifs is 1. The lowest BCUT2D eigenvalue weighted by molar-refractivity contribution is 0.386. The van der Waals surface area contributed by atoms with Crippen molar-refractivity contribution in [1.29, 1.82) is 0 Å². The molecular weight excluding hydrogens is 228 g/mol. The van der Waals surface area contributed by atoms with Crippen LogP contribution in [0.3, 0.4) is 0 Å². The molecule has 3 aromatic rings. The topological polar surface area (TPSA) is 69.9 Å². The average Bonchev–Trinajstić information content (AvgIpc) is 2.97. The maximum Gasteiger partial charge on any atom is 0.223 e. The molecule has 0 atom stereocenters. The molecule has 0 saturated heterocycles. The summed E-state index contributed by atoms with van der Waals surface area (Å²) in [6.45, 7) is 2.90. The Kier molecular flexibility index (Phi) is 2.60. The van der Waals surface area contributed by atoms with Gasteiger partial charge in [-0.15, -0.1) is 0 Å². The number of nitrogens with two attached hydrogens (primary N) is 1. The largest absolute Gasteiger partial charge is 0.340 e. The van der Waals surface area contributed by atoms with Crippen LogP contribution in [-0.4, -0.2) is 14.7 Å². The lowest BCUT2D eigenvalue weighted by Crippen LogP contribution is -2.04. The molecule has 0 bridgehead atoms. The SMILES string of the molecule is Cc1nc(Cn2ccc3cccc(CN)c32)no1. The molecule has 0 saturated carbocycles. The molecule has 3 rings (SSSR count). The normalized spacial score (nSPS) is 11.2. The van der Waals surface area contributed by atoms with E-state index in [0.29, 0.717) is 24.8 Å². The van der Waals surface area contributed by atoms with Crippen LogP contribution in [-0.2, 0) is 13.1 Å². The van der Waals surface area contributed by atoms with Crippen molar-refractivity contribution in [2.45, 2.75) is 20.0 Å². The van der Waals surface area contributed by atoms with E-state index in [1.165, 1.54) is 5.39 Å². The standard InChI is InChI=1S/C13H14N4O/c1-9-15-12(16-18-9)8-17-6-5-10-3-2-4-11(7-14)13(10)17/h2-6H,7-8,14H2,1H3. The van der Waals surface area contributed by atoms with Crippen molar-refractivity contribution in [2.24, 2.45) is 5.73 Å². The summed E-state index contributed by atoms with van der Waals surface area (Å²) >= 11 is 0. The first-order valence-electron chi connectivity index (χ1n) is 5.84. The molecule has 0 radical (unpaired) electrons. The van der Waals surface area contributed by atoms with E-state index in [0.717, 1.165) is 11.1 Å². The van der Waals surface area contributed by atoms with Gasteiger partial charge in [0.15, 0.2) is 5.82 Å². The van der Waals surface area contributed by atoms with Gasteiger partial charge in [0, 0.05) is 19.7 Å². The predicted molar refractivity (Wildman–Crippen MR) is 68.0 cm³/mol. The van der Waals surface area contributed by atoms with Crippen LogP contribution in [0.4, 0.5) is 0 Å². The van der Waals surface area contributed by atoms with E-state index < -0.39 is 0 Å². The molecule has 0 fully saturated rings. The summed E-state index contributed by atoms with van der Waals surface area (Å²) in [5.41, 5.74) is 8.04. The van der Waals surface area contributed by atoms with E-state index in [4.69, 9.17) is 10.3 Å². The number of aryl methyl sites for hydroxylation is 1. The van der Waals surface area contributed by atoms with E-state index in [2.05, 4.69) is 26.8 Å². The number of rotatable bonds is 3. The summed E-state index contributed by atoms with van der Waals surface area (Å²) in [6, 6.07) is 8.21. The Morgan fingerprint density at radius 1 is 1.33 bits per heavy atom. The third-order valence-corrected chi connectivity index (χ3v) is 2.97. The van der Waals surface area contributed by atoms with Gasteiger partial charge in [0.2, 0.25) is 5.89 Å². The summed E-state index contributed by atoms with van der Waals surface area (Å²) in [7, 11) is 0. The van der Waals surface area contributed by atoms with Crippen LogP contribution in [0.15, 0.2) is 35.0 Å². The Morgan fingerprint density at radius 3 is 2.94 bits per heavy atom. The Morgan fingerprint density at radius 2 is 2.22 bits per heavy atom. The van der Waals surface area contributed by atoms with Crippen LogP contribution < -0.4 is 5.73 Å². The van der Waals surface area contributed by atoms with E-state index in [-0.39, 0.29) is 0 Å². The molecule has 0 spiro atoms. The maximum atomic E-state index is 5.78. The highest BCUT2D eigenvalue weighted by molar-refractivity contribution is 5.83. The maximum absolute atomic E-state index is 5.78. The Hall–Kier alpha value is -2.14. The molecule has 0 aliphatic carbocycles. The van der Waals surface area contributed by atoms with E-state index in [9.17, 15) is 0 Å². The van der Waals surface area contributed by atoms with Gasteiger partial charge in [-0.05, 0) is 17.0 Å². The van der Waals surface area contributed by atoms with Gasteiger partial charge in [-0.1, -0.05) is 23.4 Å². The zero-order chi connectivity index (χ0) is 12.5. The van der Waals surface area contributed by atoms with Gasteiger partial charge < -0.3 is 14.8 Å². The Bertz CT molecular complexity index is 683. The fraction of sp³-hybridized carbons (Fsp3) is 0.231. The molecule has 2 heterocycles. The van der Waals surface area contributed by atoms with Gasteiger partial charge in [-0.3, -0.25) is 0 Å². The van der Waals surface area contributed by atoms with Crippen molar-refractivity contribution in [3.63, 3.8) is 0 Å². The minimum atomic E-state index is 0.520. The molecule has 1 aromatic carbocycles. The van der Waals surface area contributed by atoms with Gasteiger partial charge >= 0.3 is 0 Å². The highest BCUT2D eigenvalue weighted by Crippen LogP contribution is 2.20. The molecular formula is C13H14N4O.